The lowest BCUT2D eigenvalue weighted by Crippen LogP contribution is -2.19. The molecule has 9 heteroatoms. The Morgan fingerprint density at radius 3 is 2.45 bits per heavy atom. The van der Waals surface area contributed by atoms with Gasteiger partial charge < -0.3 is 13.7 Å². The molecule has 4 rings (SSSR count). The van der Waals surface area contributed by atoms with E-state index in [2.05, 4.69) is 9.97 Å². The highest BCUT2D eigenvalue weighted by atomic mass is 32.2. The molecule has 0 aliphatic carbocycles. The number of imidazole rings is 1. The van der Waals surface area contributed by atoms with E-state index in [0.717, 1.165) is 11.3 Å². The van der Waals surface area contributed by atoms with Crippen molar-refractivity contribution < 1.29 is 22.3 Å². The fourth-order valence-electron chi connectivity index (χ4n) is 3.02. The van der Waals surface area contributed by atoms with Crippen molar-refractivity contribution in [2.75, 3.05) is 7.11 Å². The maximum atomic E-state index is 13.2. The van der Waals surface area contributed by atoms with Crippen LogP contribution >= 0.6 is 11.8 Å². The van der Waals surface area contributed by atoms with Crippen LogP contribution in [0.15, 0.2) is 76.6 Å². The molecule has 5 nitrogen and oxygen atoms in total. The van der Waals surface area contributed by atoms with Gasteiger partial charge in [-0.05, 0) is 29.8 Å². The minimum absolute atomic E-state index is 0.269. The summed E-state index contributed by atoms with van der Waals surface area (Å²) in [5.74, 6) is 1.47. The monoisotopic (exact) mass is 445 g/mol. The van der Waals surface area contributed by atoms with Crippen LogP contribution in [0.1, 0.15) is 5.69 Å². The van der Waals surface area contributed by atoms with Crippen molar-refractivity contribution in [1.82, 2.24) is 14.5 Å². The van der Waals surface area contributed by atoms with Gasteiger partial charge in [0.25, 0.3) is 0 Å². The Hall–Kier alpha value is -3.20. The first-order valence-electron chi connectivity index (χ1n) is 9.32. The molecular formula is C22H18F3N3O2S. The van der Waals surface area contributed by atoms with Gasteiger partial charge >= 0.3 is 6.18 Å². The van der Waals surface area contributed by atoms with E-state index < -0.39 is 12.7 Å². The maximum absolute atomic E-state index is 13.2. The molecule has 2 aromatic heterocycles. The van der Waals surface area contributed by atoms with Crippen LogP contribution in [0.2, 0.25) is 0 Å². The van der Waals surface area contributed by atoms with Gasteiger partial charge in [-0.25, -0.2) is 9.97 Å². The highest BCUT2D eigenvalue weighted by Gasteiger charge is 2.31. The third-order valence-corrected chi connectivity index (χ3v) is 5.49. The van der Waals surface area contributed by atoms with Crippen molar-refractivity contribution in [3.8, 4) is 28.5 Å². The summed E-state index contributed by atoms with van der Waals surface area (Å²) in [5, 5.41) is 0.269. The smallest absolute Gasteiger partial charge is 0.406 e. The van der Waals surface area contributed by atoms with E-state index in [1.807, 2.05) is 18.2 Å². The standard InChI is InChI=1S/C22H18F3N3O2S/c1-29-18-9-7-16(8-10-18)20-27-17(12-30-20)13-31-21-26-11-19(15-5-3-2-4-6-15)28(21)14-22(23,24)25/h2-12H,13-14H2,1H3. The summed E-state index contributed by atoms with van der Waals surface area (Å²) in [6, 6.07) is 16.1. The largest absolute Gasteiger partial charge is 0.497 e. The zero-order valence-corrected chi connectivity index (χ0v) is 17.3. The van der Waals surface area contributed by atoms with Gasteiger partial charge in [0.1, 0.15) is 18.6 Å². The molecule has 0 aliphatic rings. The number of rotatable bonds is 7. The number of benzene rings is 2. The second-order valence-corrected chi connectivity index (χ2v) is 7.60. The van der Waals surface area contributed by atoms with E-state index in [4.69, 9.17) is 9.15 Å². The normalized spacial score (nSPS) is 11.6. The second kappa shape index (κ2) is 8.89. The molecule has 4 aromatic rings. The highest BCUT2D eigenvalue weighted by Crippen LogP contribution is 2.32. The van der Waals surface area contributed by atoms with E-state index in [-0.39, 0.29) is 5.16 Å². The highest BCUT2D eigenvalue weighted by molar-refractivity contribution is 7.98. The summed E-state index contributed by atoms with van der Waals surface area (Å²) in [6.45, 7) is -1.12. The van der Waals surface area contributed by atoms with Crippen molar-refractivity contribution in [2.24, 2.45) is 0 Å². The lowest BCUT2D eigenvalue weighted by atomic mass is 10.2. The number of hydrogen-bond donors (Lipinski definition) is 0. The SMILES string of the molecule is COc1ccc(-c2nc(CSc3ncc(-c4ccccc4)n3CC(F)(F)F)co2)cc1. The summed E-state index contributed by atoms with van der Waals surface area (Å²) in [5.41, 5.74) is 2.48. The third kappa shape index (κ3) is 5.11. The summed E-state index contributed by atoms with van der Waals surface area (Å²) < 4.78 is 51.5. The van der Waals surface area contributed by atoms with Crippen LogP contribution < -0.4 is 4.74 Å². The Balaban J connectivity index is 1.53. The molecule has 160 valence electrons. The number of hydrogen-bond acceptors (Lipinski definition) is 5. The first kappa shape index (κ1) is 21.0. The molecule has 0 fully saturated rings. The van der Waals surface area contributed by atoms with Gasteiger partial charge in [0.05, 0.1) is 24.7 Å². The van der Waals surface area contributed by atoms with Gasteiger partial charge in [0.15, 0.2) is 5.16 Å². The van der Waals surface area contributed by atoms with Crippen molar-refractivity contribution in [3.63, 3.8) is 0 Å². The van der Waals surface area contributed by atoms with Crippen LogP contribution in [-0.4, -0.2) is 27.8 Å². The number of aromatic nitrogens is 3. The summed E-state index contributed by atoms with van der Waals surface area (Å²) in [6.07, 6.45) is -1.40. The second-order valence-electron chi connectivity index (χ2n) is 6.65. The quantitative estimate of drug-likeness (QED) is 0.323. The Morgan fingerprint density at radius 1 is 1.03 bits per heavy atom. The van der Waals surface area contributed by atoms with E-state index in [1.54, 1.807) is 43.5 Å². The van der Waals surface area contributed by atoms with Crippen LogP contribution in [0.4, 0.5) is 13.2 Å². The van der Waals surface area contributed by atoms with Gasteiger partial charge in [-0.3, -0.25) is 0 Å². The van der Waals surface area contributed by atoms with E-state index in [1.165, 1.54) is 28.8 Å². The fourth-order valence-corrected chi connectivity index (χ4v) is 3.88. The molecule has 0 unspecified atom stereocenters. The van der Waals surface area contributed by atoms with Crippen LogP contribution in [0.5, 0.6) is 5.75 Å². The lowest BCUT2D eigenvalue weighted by Gasteiger charge is -2.14. The molecule has 0 saturated heterocycles. The summed E-state index contributed by atoms with van der Waals surface area (Å²) in [7, 11) is 1.58. The molecule has 31 heavy (non-hydrogen) atoms. The van der Waals surface area contributed by atoms with Gasteiger partial charge in [-0.2, -0.15) is 13.2 Å². The average molecular weight is 445 g/mol. The minimum Gasteiger partial charge on any atom is -0.497 e. The van der Waals surface area contributed by atoms with E-state index >= 15 is 0 Å². The average Bonchev–Trinajstić information content (AvgIpc) is 3.39. The molecular weight excluding hydrogens is 427 g/mol. The van der Waals surface area contributed by atoms with Crippen LogP contribution in [0, 0.1) is 0 Å². The summed E-state index contributed by atoms with van der Waals surface area (Å²) >= 11 is 1.18. The zero-order chi connectivity index (χ0) is 21.8. The number of oxazole rings is 1. The molecule has 2 heterocycles. The molecule has 0 aliphatic heterocycles. The van der Waals surface area contributed by atoms with E-state index in [9.17, 15) is 13.2 Å². The van der Waals surface area contributed by atoms with Gasteiger partial charge in [-0.1, -0.05) is 42.1 Å². The van der Waals surface area contributed by atoms with Crippen molar-refractivity contribution >= 4 is 11.8 Å². The van der Waals surface area contributed by atoms with Gasteiger partial charge in [0, 0.05) is 11.3 Å². The predicted molar refractivity (Wildman–Crippen MR) is 112 cm³/mol. The number of thioether (sulfide) groups is 1. The Morgan fingerprint density at radius 2 is 1.77 bits per heavy atom. The topological polar surface area (TPSA) is 53.1 Å². The molecule has 0 atom stereocenters. The van der Waals surface area contributed by atoms with Crippen LogP contribution in [0.25, 0.3) is 22.7 Å². The third-order valence-electron chi connectivity index (χ3n) is 4.46. The summed E-state index contributed by atoms with van der Waals surface area (Å²) in [4.78, 5) is 8.66. The molecule has 0 bridgehead atoms. The minimum atomic E-state index is -4.37. The molecule has 0 spiro atoms. The Kier molecular flexibility index (Phi) is 6.03. The molecule has 0 radical (unpaired) electrons. The van der Waals surface area contributed by atoms with Crippen molar-refractivity contribution in [2.45, 2.75) is 23.6 Å². The number of ether oxygens (including phenoxy) is 1. The predicted octanol–water partition coefficient (Wildman–Crippen LogP) is 6.07. The molecule has 0 saturated carbocycles. The molecule has 0 N–H and O–H groups in total. The zero-order valence-electron chi connectivity index (χ0n) is 16.5. The number of methoxy groups -OCH3 is 1. The lowest BCUT2D eigenvalue weighted by molar-refractivity contribution is -0.141. The maximum Gasteiger partial charge on any atom is 0.406 e. The van der Waals surface area contributed by atoms with Gasteiger partial charge in [0.2, 0.25) is 5.89 Å². The van der Waals surface area contributed by atoms with Gasteiger partial charge in [-0.15, -0.1) is 0 Å². The number of alkyl halides is 3. The van der Waals surface area contributed by atoms with Crippen LogP contribution in [0.3, 0.4) is 0 Å². The number of nitrogens with zero attached hydrogens (tertiary/aromatic N) is 3. The van der Waals surface area contributed by atoms with E-state index in [0.29, 0.717) is 28.6 Å². The molecule has 2 aromatic carbocycles. The van der Waals surface area contributed by atoms with Crippen molar-refractivity contribution in [3.05, 3.63) is 72.8 Å². The first-order chi connectivity index (χ1) is 14.9. The first-order valence-corrected chi connectivity index (χ1v) is 10.3. The van der Waals surface area contributed by atoms with Crippen LogP contribution in [-0.2, 0) is 12.3 Å². The molecule has 0 amide bonds. The number of halogens is 3. The Labute approximate surface area is 180 Å². The fraction of sp³-hybridized carbons (Fsp3) is 0.182. The Bertz CT molecular complexity index is 1140. The van der Waals surface area contributed by atoms with Crippen molar-refractivity contribution in [1.29, 1.82) is 0 Å².